The maximum Gasteiger partial charge on any atom is 0.211 e. The van der Waals surface area contributed by atoms with E-state index in [1.807, 2.05) is 62.1 Å². The van der Waals surface area contributed by atoms with E-state index in [-0.39, 0.29) is 6.61 Å². The Labute approximate surface area is 361 Å². The van der Waals surface area contributed by atoms with Gasteiger partial charge in [0.1, 0.15) is 11.6 Å². The molecule has 15 nitrogen and oxygen atoms in total. The average molecular weight is 871 g/mol. The largest absolute Gasteiger partial charge is 0.397 e. The number of β-amino-alcohol motifs (C(OH)–C–C–N with tert-alkyl or cyclic N) is 1. The molecule has 0 radical (unpaired) electrons. The van der Waals surface area contributed by atoms with Gasteiger partial charge < -0.3 is 31.7 Å². The minimum Gasteiger partial charge on any atom is -0.397 e. The Hall–Kier alpha value is -5.37. The van der Waals surface area contributed by atoms with E-state index < -0.39 is 10.0 Å². The number of sulfonamides is 1. The van der Waals surface area contributed by atoms with Crippen molar-refractivity contribution in [3.8, 4) is 0 Å². The molecule has 0 unspecified atom stereocenters. The van der Waals surface area contributed by atoms with Crippen molar-refractivity contribution < 1.29 is 13.5 Å². The molecule has 2 saturated heterocycles. The van der Waals surface area contributed by atoms with Crippen LogP contribution in [0.2, 0.25) is 0 Å². The molecule has 6 N–H and O–H groups in total. The standard InChI is InChI=1S/C42H54N12O3S3/c1-29-40(58-33(5)47-29)38(43)16-18-46-32(4)54(37-13-11-36(12-14-37)51-21-19-50(20-22-51)27-28-55)42-48-30(2)41(59-42)39(44)15-17-45-31(3)49-34-7-9-35(10-8-34)52-23-25-53(26-24-52)60(6,56)57/h7-18,49,55H,3-4,19-28,43-44H2,1-2,5-6H3/b38-16-,39-15-,45-17-,46-18-. The predicted octanol–water partition coefficient (Wildman–Crippen LogP) is 5.35. The number of allylic oxidation sites excluding steroid dienone is 2. The SMILES string of the molecule is C=C(/N=C\C=C(/N)c1sc(N(C(=C)/N=C\C=C(/N)c2sc(C)nc2C)c2ccc(N3CCN(CCO)CC3)cc2)nc1C)Nc1ccc(N2CCN(S(C)(=O)=O)CC2)cc1. The highest BCUT2D eigenvalue weighted by Gasteiger charge is 2.24. The van der Waals surface area contributed by atoms with Crippen molar-refractivity contribution >= 4 is 84.4 Å². The molecule has 0 bridgehead atoms. The Morgan fingerprint density at radius 2 is 1.35 bits per heavy atom. The number of piperazine rings is 2. The van der Waals surface area contributed by atoms with E-state index in [1.165, 1.54) is 21.9 Å². The molecule has 60 heavy (non-hydrogen) atoms. The molecule has 0 atom stereocenters. The summed E-state index contributed by atoms with van der Waals surface area (Å²) in [5.41, 5.74) is 19.5. The van der Waals surface area contributed by atoms with Crippen LogP contribution >= 0.6 is 22.7 Å². The fraction of sp³-hybridized carbons (Fsp3) is 0.333. The Bertz CT molecular complexity index is 2370. The number of aryl methyl sites for hydroxylation is 3. The Morgan fingerprint density at radius 1 is 0.817 bits per heavy atom. The molecule has 2 aliphatic heterocycles. The summed E-state index contributed by atoms with van der Waals surface area (Å²) in [6.07, 6.45) is 7.97. The summed E-state index contributed by atoms with van der Waals surface area (Å²) in [4.78, 5) is 29.0. The number of rotatable bonds is 16. The van der Waals surface area contributed by atoms with Gasteiger partial charge in [-0.05, 0) is 81.5 Å². The molecular weight excluding hydrogens is 817 g/mol. The van der Waals surface area contributed by atoms with Crippen LogP contribution in [0.1, 0.15) is 26.1 Å². The van der Waals surface area contributed by atoms with Crippen molar-refractivity contribution in [2.45, 2.75) is 20.8 Å². The van der Waals surface area contributed by atoms with Gasteiger partial charge in [0.15, 0.2) is 5.13 Å². The van der Waals surface area contributed by atoms with Crippen LogP contribution in [0.15, 0.2) is 95.5 Å². The fourth-order valence-electron chi connectivity index (χ4n) is 6.95. The molecule has 2 aromatic carbocycles. The first-order valence-corrected chi connectivity index (χ1v) is 23.0. The first-order valence-electron chi connectivity index (χ1n) is 19.6. The number of hydrogen-bond acceptors (Lipinski definition) is 16. The zero-order valence-corrected chi connectivity index (χ0v) is 37.0. The highest BCUT2D eigenvalue weighted by molar-refractivity contribution is 7.88. The molecule has 6 rings (SSSR count). The number of benzene rings is 2. The van der Waals surface area contributed by atoms with Gasteiger partial charge in [-0.3, -0.25) is 9.80 Å². The van der Waals surface area contributed by atoms with E-state index in [0.717, 1.165) is 75.1 Å². The van der Waals surface area contributed by atoms with Gasteiger partial charge in [-0.2, -0.15) is 4.31 Å². The zero-order chi connectivity index (χ0) is 43.0. The molecule has 0 aliphatic carbocycles. The lowest BCUT2D eigenvalue weighted by Crippen LogP contribution is -2.48. The fourth-order valence-corrected chi connectivity index (χ4v) is 9.68. The van der Waals surface area contributed by atoms with Crippen molar-refractivity contribution in [1.29, 1.82) is 0 Å². The number of nitrogens with zero attached hydrogens (tertiary/aromatic N) is 9. The number of aliphatic hydroxyl groups excluding tert-OH is 1. The molecule has 0 amide bonds. The van der Waals surface area contributed by atoms with Crippen LogP contribution in [0.4, 0.5) is 27.9 Å². The summed E-state index contributed by atoms with van der Waals surface area (Å²) in [5, 5.41) is 14.1. The molecule has 2 aliphatic rings. The van der Waals surface area contributed by atoms with E-state index in [0.29, 0.717) is 60.9 Å². The van der Waals surface area contributed by atoms with Crippen LogP contribution in [-0.4, -0.2) is 117 Å². The van der Waals surface area contributed by atoms with Gasteiger partial charge in [0.25, 0.3) is 0 Å². The number of aliphatic hydroxyl groups is 1. The van der Waals surface area contributed by atoms with Crippen LogP contribution in [-0.2, 0) is 10.0 Å². The summed E-state index contributed by atoms with van der Waals surface area (Å²) in [6, 6.07) is 16.2. The Morgan fingerprint density at radius 3 is 1.90 bits per heavy atom. The van der Waals surface area contributed by atoms with Gasteiger partial charge in [-0.1, -0.05) is 24.5 Å². The molecule has 2 aromatic heterocycles. The molecule has 318 valence electrons. The van der Waals surface area contributed by atoms with Crippen molar-refractivity contribution in [1.82, 2.24) is 19.2 Å². The van der Waals surface area contributed by atoms with Gasteiger partial charge in [-0.15, -0.1) is 11.3 Å². The van der Waals surface area contributed by atoms with Crippen molar-refractivity contribution in [3.05, 3.63) is 112 Å². The van der Waals surface area contributed by atoms with Crippen molar-refractivity contribution in [2.24, 2.45) is 21.5 Å². The van der Waals surface area contributed by atoms with E-state index >= 15 is 0 Å². The van der Waals surface area contributed by atoms with Crippen LogP contribution in [0.5, 0.6) is 0 Å². The molecule has 0 saturated carbocycles. The summed E-state index contributed by atoms with van der Waals surface area (Å²) in [5.74, 6) is 0.873. The average Bonchev–Trinajstić information content (AvgIpc) is 3.78. The smallest absolute Gasteiger partial charge is 0.211 e. The van der Waals surface area contributed by atoms with Gasteiger partial charge in [0.2, 0.25) is 10.0 Å². The first-order chi connectivity index (χ1) is 28.7. The highest BCUT2D eigenvalue weighted by atomic mass is 32.2. The third-order valence-electron chi connectivity index (χ3n) is 10.1. The number of aliphatic imine (C=N–C) groups is 2. The molecule has 2 fully saturated rings. The quantitative estimate of drug-likeness (QED) is 0.106. The number of nitrogens with one attached hydrogen (secondary N) is 1. The minimum atomic E-state index is -3.18. The second-order valence-corrected chi connectivity index (χ2v) is 18.6. The van der Waals surface area contributed by atoms with E-state index in [9.17, 15) is 13.5 Å². The van der Waals surface area contributed by atoms with Gasteiger partial charge >= 0.3 is 0 Å². The number of anilines is 5. The third-order valence-corrected chi connectivity index (χ3v) is 13.7. The first kappa shape index (κ1) is 44.2. The monoisotopic (exact) mass is 870 g/mol. The van der Waals surface area contributed by atoms with Crippen LogP contribution in [0.3, 0.4) is 0 Å². The number of aromatic nitrogens is 2. The van der Waals surface area contributed by atoms with Crippen LogP contribution in [0.25, 0.3) is 11.4 Å². The summed E-state index contributed by atoms with van der Waals surface area (Å²) in [7, 11) is -3.18. The maximum absolute atomic E-state index is 11.9. The predicted molar refractivity (Wildman–Crippen MR) is 251 cm³/mol. The number of hydrogen-bond donors (Lipinski definition) is 4. The lowest BCUT2D eigenvalue weighted by atomic mass is 10.2. The van der Waals surface area contributed by atoms with Gasteiger partial charge in [0, 0.05) is 88.4 Å². The van der Waals surface area contributed by atoms with Gasteiger partial charge in [0.05, 0.1) is 56.1 Å². The number of thiazole rings is 2. The molecule has 4 aromatic rings. The van der Waals surface area contributed by atoms with E-state index in [1.54, 1.807) is 35.9 Å². The van der Waals surface area contributed by atoms with Gasteiger partial charge in [-0.25, -0.2) is 28.4 Å². The summed E-state index contributed by atoms with van der Waals surface area (Å²) < 4.78 is 25.2. The van der Waals surface area contributed by atoms with Crippen LogP contribution < -0.4 is 31.5 Å². The minimum absolute atomic E-state index is 0.166. The molecular formula is C42H54N12O3S3. The summed E-state index contributed by atoms with van der Waals surface area (Å²) >= 11 is 2.96. The van der Waals surface area contributed by atoms with E-state index in [4.69, 9.17) is 21.4 Å². The second kappa shape index (κ2) is 19.8. The lowest BCUT2D eigenvalue weighted by molar-refractivity contribution is 0.189. The zero-order valence-electron chi connectivity index (χ0n) is 34.6. The van der Waals surface area contributed by atoms with Crippen LogP contribution in [0, 0.1) is 20.8 Å². The molecule has 18 heteroatoms. The third kappa shape index (κ3) is 11.3. The second-order valence-electron chi connectivity index (χ2n) is 14.4. The van der Waals surface area contributed by atoms with E-state index in [2.05, 4.69) is 55.3 Å². The lowest BCUT2D eigenvalue weighted by Gasteiger charge is -2.36. The highest BCUT2D eigenvalue weighted by Crippen LogP contribution is 2.37. The van der Waals surface area contributed by atoms with Crippen molar-refractivity contribution in [3.63, 3.8) is 0 Å². The normalized spacial score (nSPS) is 16.3. The number of nitrogens with two attached hydrogens (primary N) is 2. The Balaban J connectivity index is 1.15. The van der Waals surface area contributed by atoms with Crippen molar-refractivity contribution in [2.75, 3.05) is 91.8 Å². The Kier molecular flexibility index (Phi) is 14.6. The maximum atomic E-state index is 11.9. The molecule has 0 spiro atoms. The topological polar surface area (TPSA) is 185 Å². The molecule has 4 heterocycles. The summed E-state index contributed by atoms with van der Waals surface area (Å²) in [6.45, 7) is 20.8.